The van der Waals surface area contributed by atoms with Gasteiger partial charge in [-0.1, -0.05) is 6.07 Å². The molecule has 1 N–H and O–H groups in total. The highest BCUT2D eigenvalue weighted by molar-refractivity contribution is 7.16. The van der Waals surface area contributed by atoms with Crippen molar-refractivity contribution < 1.29 is 28.6 Å². The second-order valence-electron chi connectivity index (χ2n) is 6.77. The van der Waals surface area contributed by atoms with E-state index in [1.54, 1.807) is 32.1 Å². The number of methoxy groups -OCH3 is 3. The zero-order valence-electron chi connectivity index (χ0n) is 17.2. The van der Waals surface area contributed by atoms with E-state index in [9.17, 15) is 14.4 Å². The molecule has 0 saturated carbocycles. The average molecular weight is 433 g/mol. The maximum atomic E-state index is 12.6. The Morgan fingerprint density at radius 3 is 2.63 bits per heavy atom. The predicted molar refractivity (Wildman–Crippen MR) is 110 cm³/mol. The average Bonchev–Trinajstić information content (AvgIpc) is 3.29. The molecule has 1 atom stereocenters. The van der Waals surface area contributed by atoms with E-state index in [4.69, 9.17) is 9.47 Å². The van der Waals surface area contributed by atoms with Gasteiger partial charge in [0.25, 0.3) is 0 Å². The number of anilines is 1. The van der Waals surface area contributed by atoms with Gasteiger partial charge < -0.3 is 24.4 Å². The molecule has 10 heteroatoms. The molecular formula is C20H23N3O6S. The summed E-state index contributed by atoms with van der Waals surface area (Å²) in [5.41, 5.74) is 1.05. The molecule has 1 aromatic heterocycles. The molecule has 1 aliphatic heterocycles. The zero-order chi connectivity index (χ0) is 21.8. The van der Waals surface area contributed by atoms with E-state index in [-0.39, 0.29) is 23.9 Å². The predicted octanol–water partition coefficient (Wildman–Crippen LogP) is 2.24. The number of ether oxygens (including phenoxy) is 3. The number of amides is 2. The molecule has 3 rings (SSSR count). The van der Waals surface area contributed by atoms with Gasteiger partial charge in [-0.2, -0.15) is 0 Å². The lowest BCUT2D eigenvalue weighted by molar-refractivity contribution is -0.128. The van der Waals surface area contributed by atoms with Crippen LogP contribution in [0, 0.1) is 12.8 Å². The minimum Gasteiger partial charge on any atom is -0.493 e. The zero-order valence-corrected chi connectivity index (χ0v) is 18.0. The Bertz CT molecular complexity index is 973. The van der Waals surface area contributed by atoms with Gasteiger partial charge >= 0.3 is 5.97 Å². The van der Waals surface area contributed by atoms with Crippen molar-refractivity contribution in [2.24, 2.45) is 5.92 Å². The Morgan fingerprint density at radius 2 is 1.97 bits per heavy atom. The van der Waals surface area contributed by atoms with Gasteiger partial charge in [0.2, 0.25) is 11.8 Å². The molecule has 2 heterocycles. The molecule has 9 nitrogen and oxygen atoms in total. The SMILES string of the molecule is COC(=O)c1nc(NC(=O)[C@@H]2CC(=O)N(Cc3ccc(OC)c(OC)c3)C2)sc1C. The molecule has 160 valence electrons. The molecule has 30 heavy (non-hydrogen) atoms. The van der Waals surface area contributed by atoms with Gasteiger partial charge in [0.05, 0.1) is 27.2 Å². The van der Waals surface area contributed by atoms with Crippen LogP contribution in [0.5, 0.6) is 11.5 Å². The maximum absolute atomic E-state index is 12.6. The van der Waals surface area contributed by atoms with Crippen LogP contribution in [0.25, 0.3) is 0 Å². The third-order valence-corrected chi connectivity index (χ3v) is 5.70. The Morgan fingerprint density at radius 1 is 1.23 bits per heavy atom. The molecule has 0 unspecified atom stereocenters. The van der Waals surface area contributed by atoms with Gasteiger partial charge in [0.1, 0.15) is 0 Å². The standard InChI is InChI=1S/C20H23N3O6S/c1-11-17(19(26)29-4)21-20(30-11)22-18(25)13-8-16(24)23(10-13)9-12-5-6-14(27-2)15(7-12)28-3/h5-7,13H,8-10H2,1-4H3,(H,21,22,25)/t13-/m1/s1. The minimum absolute atomic E-state index is 0.101. The van der Waals surface area contributed by atoms with Gasteiger partial charge in [-0.3, -0.25) is 9.59 Å². The smallest absolute Gasteiger partial charge is 0.357 e. The number of aromatic nitrogens is 1. The molecule has 2 amide bonds. The number of carbonyl (C=O) groups excluding carboxylic acids is 3. The number of hydrogen-bond donors (Lipinski definition) is 1. The highest BCUT2D eigenvalue weighted by atomic mass is 32.1. The highest BCUT2D eigenvalue weighted by Gasteiger charge is 2.35. The summed E-state index contributed by atoms with van der Waals surface area (Å²) in [4.78, 5) is 43.1. The Labute approximate surface area is 177 Å². The van der Waals surface area contributed by atoms with Crippen molar-refractivity contribution in [3.63, 3.8) is 0 Å². The fourth-order valence-corrected chi connectivity index (χ4v) is 4.05. The highest BCUT2D eigenvalue weighted by Crippen LogP contribution is 2.30. The molecule has 1 fully saturated rings. The van der Waals surface area contributed by atoms with E-state index >= 15 is 0 Å². The molecule has 0 bridgehead atoms. The number of esters is 1. The van der Waals surface area contributed by atoms with Crippen LogP contribution in [-0.2, 0) is 20.9 Å². The summed E-state index contributed by atoms with van der Waals surface area (Å²) in [6.07, 6.45) is 0.118. The normalized spacial score (nSPS) is 15.8. The quantitative estimate of drug-likeness (QED) is 0.667. The van der Waals surface area contributed by atoms with Crippen molar-refractivity contribution in [1.82, 2.24) is 9.88 Å². The van der Waals surface area contributed by atoms with Crippen LogP contribution in [0.1, 0.15) is 27.3 Å². The van der Waals surface area contributed by atoms with Crippen molar-refractivity contribution >= 4 is 34.3 Å². The first-order valence-corrected chi connectivity index (χ1v) is 10.0. The lowest BCUT2D eigenvalue weighted by Crippen LogP contribution is -2.28. The summed E-state index contributed by atoms with van der Waals surface area (Å²) in [5, 5.41) is 3.02. The number of nitrogens with zero attached hydrogens (tertiary/aromatic N) is 2. The molecular weight excluding hydrogens is 410 g/mol. The van der Waals surface area contributed by atoms with Gasteiger partial charge in [0.15, 0.2) is 22.3 Å². The topological polar surface area (TPSA) is 107 Å². The largest absolute Gasteiger partial charge is 0.493 e. The Kier molecular flexibility index (Phi) is 6.56. The fourth-order valence-electron chi connectivity index (χ4n) is 3.24. The van der Waals surface area contributed by atoms with Gasteiger partial charge in [-0.15, -0.1) is 11.3 Å². The van der Waals surface area contributed by atoms with Crippen molar-refractivity contribution in [2.45, 2.75) is 19.9 Å². The summed E-state index contributed by atoms with van der Waals surface area (Å²) in [6, 6.07) is 5.45. The molecule has 0 aliphatic carbocycles. The van der Waals surface area contributed by atoms with Crippen LogP contribution in [0.3, 0.4) is 0 Å². The number of thiazole rings is 1. The Balaban J connectivity index is 1.64. The molecule has 0 radical (unpaired) electrons. The number of likely N-dealkylation sites (tertiary alicyclic amines) is 1. The number of aryl methyl sites for hydroxylation is 1. The molecule has 1 aliphatic rings. The minimum atomic E-state index is -0.554. The van der Waals surface area contributed by atoms with Crippen molar-refractivity contribution in [2.75, 3.05) is 33.2 Å². The van der Waals surface area contributed by atoms with Crippen LogP contribution >= 0.6 is 11.3 Å². The van der Waals surface area contributed by atoms with Gasteiger partial charge in [-0.05, 0) is 24.6 Å². The molecule has 1 aromatic carbocycles. The monoisotopic (exact) mass is 433 g/mol. The second-order valence-corrected chi connectivity index (χ2v) is 7.97. The van der Waals surface area contributed by atoms with E-state index in [0.717, 1.165) is 5.56 Å². The number of benzene rings is 1. The first-order chi connectivity index (χ1) is 14.4. The third-order valence-electron chi connectivity index (χ3n) is 4.81. The lowest BCUT2D eigenvalue weighted by Gasteiger charge is -2.17. The Hall–Kier alpha value is -3.14. The van der Waals surface area contributed by atoms with Crippen LogP contribution in [0.2, 0.25) is 0 Å². The second kappa shape index (κ2) is 9.12. The van der Waals surface area contributed by atoms with Crippen LogP contribution in [0.4, 0.5) is 5.13 Å². The van der Waals surface area contributed by atoms with E-state index in [1.807, 2.05) is 12.1 Å². The summed E-state index contributed by atoms with van der Waals surface area (Å²) in [7, 11) is 4.38. The summed E-state index contributed by atoms with van der Waals surface area (Å²) < 4.78 is 15.2. The third kappa shape index (κ3) is 4.54. The number of rotatable bonds is 7. The maximum Gasteiger partial charge on any atom is 0.357 e. The first kappa shape index (κ1) is 21.6. The molecule has 2 aromatic rings. The van der Waals surface area contributed by atoms with Crippen LogP contribution < -0.4 is 14.8 Å². The molecule has 1 saturated heterocycles. The summed E-state index contributed by atoms with van der Waals surface area (Å²) in [6.45, 7) is 2.39. The first-order valence-electron chi connectivity index (χ1n) is 9.21. The van der Waals surface area contributed by atoms with Crippen molar-refractivity contribution in [3.05, 3.63) is 34.3 Å². The fraction of sp³-hybridized carbons (Fsp3) is 0.400. The van der Waals surface area contributed by atoms with Crippen molar-refractivity contribution in [3.8, 4) is 11.5 Å². The van der Waals surface area contributed by atoms with E-state index < -0.39 is 11.9 Å². The number of carbonyl (C=O) groups is 3. The number of hydrogen-bond acceptors (Lipinski definition) is 8. The summed E-state index contributed by atoms with van der Waals surface area (Å²) >= 11 is 1.19. The van der Waals surface area contributed by atoms with E-state index in [2.05, 4.69) is 15.0 Å². The van der Waals surface area contributed by atoms with Crippen LogP contribution in [0.15, 0.2) is 18.2 Å². The molecule has 0 spiro atoms. The van der Waals surface area contributed by atoms with Crippen molar-refractivity contribution in [1.29, 1.82) is 0 Å². The van der Waals surface area contributed by atoms with Gasteiger partial charge in [-0.25, -0.2) is 9.78 Å². The van der Waals surface area contributed by atoms with Gasteiger partial charge in [0, 0.05) is 24.4 Å². The summed E-state index contributed by atoms with van der Waals surface area (Å²) in [5.74, 6) is -0.267. The van der Waals surface area contributed by atoms with E-state index in [1.165, 1.54) is 18.4 Å². The number of nitrogens with one attached hydrogen (secondary N) is 1. The van der Waals surface area contributed by atoms with Crippen LogP contribution in [-0.4, -0.2) is 55.5 Å². The van der Waals surface area contributed by atoms with E-state index in [0.29, 0.717) is 34.6 Å². The lowest BCUT2D eigenvalue weighted by atomic mass is 10.1.